The van der Waals surface area contributed by atoms with Crippen molar-refractivity contribution in [2.75, 3.05) is 0 Å². The number of phenolic OH excluding ortho intramolecular Hbond substituents is 2. The Bertz CT molecular complexity index is 1170. The number of aromatic nitrogens is 1. The van der Waals surface area contributed by atoms with Gasteiger partial charge in [0.15, 0.2) is 5.58 Å². The Labute approximate surface area is 171 Å². The molecule has 0 bridgehead atoms. The highest BCUT2D eigenvalue weighted by Crippen LogP contribution is 2.40. The number of rotatable bonds is 3. The molecule has 5 nitrogen and oxygen atoms in total. The lowest BCUT2D eigenvalue weighted by molar-refractivity contribution is 0.442. The monoisotopic (exact) mass is 486 g/mol. The summed E-state index contributed by atoms with van der Waals surface area (Å²) in [7, 11) is 0. The highest BCUT2D eigenvalue weighted by Gasteiger charge is 2.13. The Balaban J connectivity index is 1.68. The van der Waals surface area contributed by atoms with Crippen LogP contribution in [0.25, 0.3) is 22.6 Å². The van der Waals surface area contributed by atoms with Crippen LogP contribution in [0.4, 0.5) is 5.69 Å². The van der Waals surface area contributed by atoms with Crippen LogP contribution in [0.1, 0.15) is 5.56 Å². The third-order valence-electron chi connectivity index (χ3n) is 3.94. The molecule has 0 aliphatic heterocycles. The Morgan fingerprint density at radius 3 is 2.52 bits per heavy atom. The fourth-order valence-electron chi connectivity index (χ4n) is 2.56. The van der Waals surface area contributed by atoms with Crippen LogP contribution in [0, 0.1) is 0 Å². The van der Waals surface area contributed by atoms with Crippen molar-refractivity contribution >= 4 is 54.9 Å². The van der Waals surface area contributed by atoms with Gasteiger partial charge in [-0.15, -0.1) is 0 Å². The number of fused-ring (bicyclic) bond motifs is 1. The van der Waals surface area contributed by atoms with Crippen LogP contribution in [0.2, 0.25) is 0 Å². The van der Waals surface area contributed by atoms with Gasteiger partial charge in [0.1, 0.15) is 21.5 Å². The predicted molar refractivity (Wildman–Crippen MR) is 112 cm³/mol. The summed E-state index contributed by atoms with van der Waals surface area (Å²) in [6.07, 6.45) is 1.52. The minimum atomic E-state index is -0.0895. The van der Waals surface area contributed by atoms with E-state index in [2.05, 4.69) is 41.8 Å². The molecule has 0 aliphatic carbocycles. The zero-order valence-electron chi connectivity index (χ0n) is 13.7. The van der Waals surface area contributed by atoms with E-state index in [9.17, 15) is 10.2 Å². The molecule has 0 fully saturated rings. The topological polar surface area (TPSA) is 78.9 Å². The van der Waals surface area contributed by atoms with Gasteiger partial charge in [0.25, 0.3) is 0 Å². The van der Waals surface area contributed by atoms with Gasteiger partial charge in [-0.2, -0.15) is 0 Å². The molecule has 1 heterocycles. The minimum Gasteiger partial charge on any atom is -0.506 e. The maximum atomic E-state index is 10.1. The summed E-state index contributed by atoms with van der Waals surface area (Å²) in [5.41, 5.74) is 3.39. The molecular weight excluding hydrogens is 476 g/mol. The number of oxazole rings is 1. The second-order valence-electron chi connectivity index (χ2n) is 5.75. The fourth-order valence-corrected chi connectivity index (χ4v) is 3.71. The average molecular weight is 488 g/mol. The molecule has 0 radical (unpaired) electrons. The predicted octanol–water partition coefficient (Wildman–Crippen LogP) is 6.18. The van der Waals surface area contributed by atoms with Crippen LogP contribution in [-0.4, -0.2) is 21.4 Å². The molecule has 0 atom stereocenters. The van der Waals surface area contributed by atoms with Crippen molar-refractivity contribution in [1.29, 1.82) is 0 Å². The van der Waals surface area contributed by atoms with Crippen molar-refractivity contribution in [3.05, 3.63) is 69.1 Å². The van der Waals surface area contributed by atoms with Crippen molar-refractivity contribution in [2.24, 2.45) is 4.99 Å². The summed E-state index contributed by atoms with van der Waals surface area (Å²) >= 11 is 6.39. The first-order chi connectivity index (χ1) is 13.0. The van der Waals surface area contributed by atoms with Crippen LogP contribution in [-0.2, 0) is 0 Å². The Kier molecular flexibility index (Phi) is 4.72. The standard InChI is InChI=1S/C20H12Br2N2O3/c21-14-8-12(18(25)17(22)19(14)26)10-23-13-6-7-16-15(9-13)24-20(27-16)11-4-2-1-3-5-11/h1-10,25-26H. The number of hydrogen-bond donors (Lipinski definition) is 2. The van der Waals surface area contributed by atoms with Gasteiger partial charge in [0, 0.05) is 17.3 Å². The van der Waals surface area contributed by atoms with E-state index in [1.165, 1.54) is 6.21 Å². The summed E-state index contributed by atoms with van der Waals surface area (Å²) in [6, 6.07) is 16.7. The maximum absolute atomic E-state index is 10.1. The van der Waals surface area contributed by atoms with Crippen LogP contribution in [0.5, 0.6) is 11.5 Å². The molecule has 0 aliphatic rings. The normalized spacial score (nSPS) is 11.5. The summed E-state index contributed by atoms with van der Waals surface area (Å²) in [5, 5.41) is 19.9. The van der Waals surface area contributed by atoms with E-state index in [0.29, 0.717) is 32.7 Å². The largest absolute Gasteiger partial charge is 0.506 e. The van der Waals surface area contributed by atoms with Gasteiger partial charge < -0.3 is 14.6 Å². The van der Waals surface area contributed by atoms with Gasteiger partial charge >= 0.3 is 0 Å². The molecule has 0 saturated heterocycles. The van der Waals surface area contributed by atoms with Gasteiger partial charge in [0.05, 0.1) is 10.2 Å². The lowest BCUT2D eigenvalue weighted by Crippen LogP contribution is -1.85. The summed E-state index contributed by atoms with van der Waals surface area (Å²) < 4.78 is 6.45. The molecule has 4 rings (SSSR count). The number of nitrogens with zero attached hydrogens (tertiary/aromatic N) is 2. The smallest absolute Gasteiger partial charge is 0.227 e. The molecule has 4 aromatic rings. The summed E-state index contributed by atoms with van der Waals surface area (Å²) in [6.45, 7) is 0. The first kappa shape index (κ1) is 17.8. The zero-order valence-corrected chi connectivity index (χ0v) is 16.9. The molecule has 7 heteroatoms. The van der Waals surface area contributed by atoms with Gasteiger partial charge in [-0.1, -0.05) is 18.2 Å². The van der Waals surface area contributed by atoms with Crippen molar-refractivity contribution in [3.8, 4) is 23.0 Å². The van der Waals surface area contributed by atoms with Gasteiger partial charge in [-0.25, -0.2) is 4.98 Å². The first-order valence-corrected chi connectivity index (χ1v) is 9.51. The fraction of sp³-hybridized carbons (Fsp3) is 0. The highest BCUT2D eigenvalue weighted by atomic mass is 79.9. The Morgan fingerprint density at radius 2 is 1.74 bits per heavy atom. The molecular formula is C20H12Br2N2O3. The molecule has 27 heavy (non-hydrogen) atoms. The summed E-state index contributed by atoms with van der Waals surface area (Å²) in [5.74, 6) is 0.395. The molecule has 0 amide bonds. The number of aromatic hydroxyl groups is 2. The molecule has 2 N–H and O–H groups in total. The molecule has 0 unspecified atom stereocenters. The highest BCUT2D eigenvalue weighted by molar-refractivity contribution is 9.11. The van der Waals surface area contributed by atoms with Crippen LogP contribution in [0.3, 0.4) is 0 Å². The minimum absolute atomic E-state index is 0.0675. The van der Waals surface area contributed by atoms with Gasteiger partial charge in [-0.05, 0) is 68.3 Å². The van der Waals surface area contributed by atoms with Crippen LogP contribution in [0.15, 0.2) is 73.0 Å². The maximum Gasteiger partial charge on any atom is 0.227 e. The third-order valence-corrected chi connectivity index (χ3v) is 5.30. The molecule has 0 saturated carbocycles. The number of benzene rings is 3. The number of phenols is 2. The zero-order chi connectivity index (χ0) is 19.0. The van der Waals surface area contributed by atoms with Gasteiger partial charge in [-0.3, -0.25) is 4.99 Å². The third kappa shape index (κ3) is 3.48. The molecule has 0 spiro atoms. The lowest BCUT2D eigenvalue weighted by atomic mass is 10.2. The lowest BCUT2D eigenvalue weighted by Gasteiger charge is -2.06. The number of hydrogen-bond acceptors (Lipinski definition) is 5. The Morgan fingerprint density at radius 1 is 0.963 bits per heavy atom. The number of halogens is 2. The number of aliphatic imine (C=N–C) groups is 1. The second-order valence-corrected chi connectivity index (χ2v) is 7.40. The second kappa shape index (κ2) is 7.17. The van der Waals surface area contributed by atoms with E-state index in [1.54, 1.807) is 12.1 Å². The molecule has 1 aromatic heterocycles. The van der Waals surface area contributed by atoms with Crippen LogP contribution >= 0.6 is 31.9 Å². The average Bonchev–Trinajstić information content (AvgIpc) is 3.12. The molecule has 3 aromatic carbocycles. The SMILES string of the molecule is Oc1c(Br)cc(C=Nc2ccc3oc(-c4ccccc4)nc3c2)c(O)c1Br. The van der Waals surface area contributed by atoms with E-state index in [1.807, 2.05) is 42.5 Å². The van der Waals surface area contributed by atoms with Crippen LogP contribution < -0.4 is 0 Å². The first-order valence-electron chi connectivity index (χ1n) is 7.93. The van der Waals surface area contributed by atoms with E-state index in [0.717, 1.165) is 5.56 Å². The van der Waals surface area contributed by atoms with Gasteiger partial charge in [0.2, 0.25) is 5.89 Å². The van der Waals surface area contributed by atoms with Crippen molar-refractivity contribution < 1.29 is 14.6 Å². The Hall–Kier alpha value is -2.64. The van der Waals surface area contributed by atoms with Crippen molar-refractivity contribution in [1.82, 2.24) is 4.98 Å². The molecule has 134 valence electrons. The van der Waals surface area contributed by atoms with E-state index in [4.69, 9.17) is 4.42 Å². The summed E-state index contributed by atoms with van der Waals surface area (Å²) in [4.78, 5) is 8.91. The quantitative estimate of drug-likeness (QED) is 0.338. The van der Waals surface area contributed by atoms with Crippen molar-refractivity contribution in [3.63, 3.8) is 0 Å². The van der Waals surface area contributed by atoms with E-state index >= 15 is 0 Å². The van der Waals surface area contributed by atoms with E-state index < -0.39 is 0 Å². The van der Waals surface area contributed by atoms with Crippen molar-refractivity contribution in [2.45, 2.75) is 0 Å². The van der Waals surface area contributed by atoms with E-state index in [-0.39, 0.29) is 16.0 Å².